The maximum absolute atomic E-state index is 11.6. The molecular weight excluding hydrogens is 210 g/mol. The highest BCUT2D eigenvalue weighted by atomic mass is 16.5. The molecule has 0 saturated carbocycles. The summed E-state index contributed by atoms with van der Waals surface area (Å²) in [5.74, 6) is 0.172. The Balaban J connectivity index is 2.35. The van der Waals surface area contributed by atoms with Gasteiger partial charge in [-0.1, -0.05) is 0 Å². The van der Waals surface area contributed by atoms with Gasteiger partial charge in [-0.05, 0) is 19.8 Å². The van der Waals surface area contributed by atoms with Crippen molar-refractivity contribution in [1.82, 2.24) is 9.55 Å². The van der Waals surface area contributed by atoms with Gasteiger partial charge in [0, 0.05) is 12.7 Å². The first-order chi connectivity index (χ1) is 7.50. The number of nitrogen functional groups attached to an aromatic ring is 1. The molecule has 1 aliphatic heterocycles. The lowest BCUT2D eigenvalue weighted by atomic mass is 10.0. The van der Waals surface area contributed by atoms with Gasteiger partial charge in [0.25, 0.3) is 5.56 Å². The van der Waals surface area contributed by atoms with Crippen LogP contribution in [-0.2, 0) is 11.3 Å². The third kappa shape index (κ3) is 2.01. The van der Waals surface area contributed by atoms with Crippen LogP contribution in [0, 0.1) is 0 Å². The second-order valence-electron chi connectivity index (χ2n) is 4.35. The second-order valence-corrected chi connectivity index (χ2v) is 4.35. The van der Waals surface area contributed by atoms with Crippen molar-refractivity contribution in [2.75, 3.05) is 12.3 Å². The van der Waals surface area contributed by atoms with Crippen LogP contribution in [-0.4, -0.2) is 21.8 Å². The number of hydrogen-bond donors (Lipinski definition) is 2. The lowest BCUT2D eigenvalue weighted by Gasteiger charge is -2.24. The highest BCUT2D eigenvalue weighted by Gasteiger charge is 2.31. The van der Waals surface area contributed by atoms with Crippen molar-refractivity contribution >= 4 is 5.82 Å². The van der Waals surface area contributed by atoms with Gasteiger partial charge in [-0.3, -0.25) is 14.3 Å². The summed E-state index contributed by atoms with van der Waals surface area (Å²) in [5.41, 5.74) is 4.32. The van der Waals surface area contributed by atoms with E-state index in [-0.39, 0.29) is 11.4 Å². The summed E-state index contributed by atoms with van der Waals surface area (Å²) in [7, 11) is 0. The van der Waals surface area contributed by atoms with Gasteiger partial charge in [-0.2, -0.15) is 0 Å². The minimum Gasteiger partial charge on any atom is -0.385 e. The Bertz CT molecular complexity index is 497. The molecule has 3 N–H and O–H groups in total. The Morgan fingerprint density at radius 2 is 2.38 bits per heavy atom. The summed E-state index contributed by atoms with van der Waals surface area (Å²) >= 11 is 0. The van der Waals surface area contributed by atoms with Crippen molar-refractivity contribution in [3.8, 4) is 0 Å². The molecule has 6 nitrogen and oxygen atoms in total. The van der Waals surface area contributed by atoms with E-state index in [4.69, 9.17) is 10.5 Å². The van der Waals surface area contributed by atoms with Crippen molar-refractivity contribution in [2.45, 2.75) is 31.9 Å². The molecule has 0 spiro atoms. The molecular formula is C10H15N3O3. The summed E-state index contributed by atoms with van der Waals surface area (Å²) in [6.45, 7) is 3.01. The molecule has 1 atom stereocenters. The minimum absolute atomic E-state index is 0.172. The summed E-state index contributed by atoms with van der Waals surface area (Å²) in [6.07, 6.45) is 1.87. The quantitative estimate of drug-likeness (QED) is 0.722. The number of hydrogen-bond acceptors (Lipinski definition) is 4. The third-order valence-corrected chi connectivity index (χ3v) is 2.86. The van der Waals surface area contributed by atoms with Gasteiger partial charge in [0.05, 0.1) is 12.1 Å². The summed E-state index contributed by atoms with van der Waals surface area (Å²) in [6, 6.07) is 1.21. The number of aromatic nitrogens is 2. The van der Waals surface area contributed by atoms with Crippen molar-refractivity contribution in [1.29, 1.82) is 0 Å². The molecule has 16 heavy (non-hydrogen) atoms. The molecule has 1 saturated heterocycles. The number of aromatic amines is 1. The van der Waals surface area contributed by atoms with Gasteiger partial charge in [-0.25, -0.2) is 4.79 Å². The molecule has 0 radical (unpaired) electrons. The van der Waals surface area contributed by atoms with E-state index in [1.54, 1.807) is 0 Å². The zero-order valence-corrected chi connectivity index (χ0v) is 9.16. The highest BCUT2D eigenvalue weighted by Crippen LogP contribution is 2.26. The molecule has 6 heteroatoms. The number of nitrogens with zero attached hydrogens (tertiary/aromatic N) is 1. The number of ether oxygens (including phenoxy) is 1. The van der Waals surface area contributed by atoms with Crippen LogP contribution in [0.5, 0.6) is 0 Å². The average molecular weight is 225 g/mol. The summed E-state index contributed by atoms with van der Waals surface area (Å²) in [5, 5.41) is 0. The number of H-pyrrole nitrogens is 1. The van der Waals surface area contributed by atoms with Crippen LogP contribution in [0.2, 0.25) is 0 Å². The SMILES string of the molecule is CC1(Cn2c(N)cc(=O)[nH]c2=O)CCCO1. The highest BCUT2D eigenvalue weighted by molar-refractivity contribution is 5.26. The monoisotopic (exact) mass is 225 g/mol. The van der Waals surface area contributed by atoms with Crippen LogP contribution in [0.25, 0.3) is 0 Å². The van der Waals surface area contributed by atoms with E-state index in [0.717, 1.165) is 12.8 Å². The molecule has 1 fully saturated rings. The fourth-order valence-electron chi connectivity index (χ4n) is 2.00. The summed E-state index contributed by atoms with van der Waals surface area (Å²) in [4.78, 5) is 24.7. The second kappa shape index (κ2) is 3.79. The molecule has 0 aliphatic carbocycles. The number of nitrogens with one attached hydrogen (secondary N) is 1. The predicted molar refractivity (Wildman–Crippen MR) is 59.3 cm³/mol. The summed E-state index contributed by atoms with van der Waals surface area (Å²) < 4.78 is 6.92. The van der Waals surface area contributed by atoms with E-state index in [1.165, 1.54) is 10.6 Å². The van der Waals surface area contributed by atoms with Gasteiger partial charge in [0.2, 0.25) is 0 Å². The van der Waals surface area contributed by atoms with Crippen LogP contribution >= 0.6 is 0 Å². The van der Waals surface area contributed by atoms with Crippen molar-refractivity contribution in [3.63, 3.8) is 0 Å². The Kier molecular flexibility index (Phi) is 2.59. The number of rotatable bonds is 2. The normalized spacial score (nSPS) is 24.8. The van der Waals surface area contributed by atoms with E-state index in [2.05, 4.69) is 4.98 Å². The van der Waals surface area contributed by atoms with Crippen LogP contribution in [0.3, 0.4) is 0 Å². The molecule has 1 aromatic heterocycles. The van der Waals surface area contributed by atoms with E-state index >= 15 is 0 Å². The standard InChI is InChI=1S/C10H15N3O3/c1-10(3-2-4-16-10)6-13-7(11)5-8(14)12-9(13)15/h5H,2-4,6,11H2,1H3,(H,12,14,15). The Labute approximate surface area is 92.0 Å². The Hall–Kier alpha value is -1.56. The largest absolute Gasteiger partial charge is 0.385 e. The smallest absolute Gasteiger partial charge is 0.329 e. The minimum atomic E-state index is -0.485. The van der Waals surface area contributed by atoms with Crippen LogP contribution in [0.15, 0.2) is 15.7 Å². The van der Waals surface area contributed by atoms with E-state index in [9.17, 15) is 9.59 Å². The van der Waals surface area contributed by atoms with Crippen molar-refractivity contribution in [2.24, 2.45) is 0 Å². The van der Waals surface area contributed by atoms with Crippen LogP contribution in [0.4, 0.5) is 5.82 Å². The Morgan fingerprint density at radius 3 is 2.94 bits per heavy atom. The zero-order valence-electron chi connectivity index (χ0n) is 9.16. The third-order valence-electron chi connectivity index (χ3n) is 2.86. The first-order valence-corrected chi connectivity index (χ1v) is 5.24. The lowest BCUT2D eigenvalue weighted by Crippen LogP contribution is -2.39. The maximum Gasteiger partial charge on any atom is 0.329 e. The molecule has 1 aromatic rings. The predicted octanol–water partition coefficient (Wildman–Crippen LogP) is -0.312. The van der Waals surface area contributed by atoms with E-state index < -0.39 is 11.2 Å². The van der Waals surface area contributed by atoms with Crippen molar-refractivity contribution in [3.05, 3.63) is 26.9 Å². The van der Waals surface area contributed by atoms with Crippen molar-refractivity contribution < 1.29 is 4.74 Å². The fourth-order valence-corrected chi connectivity index (χ4v) is 2.00. The lowest BCUT2D eigenvalue weighted by molar-refractivity contribution is 0.00566. The van der Waals surface area contributed by atoms with Crippen LogP contribution in [0.1, 0.15) is 19.8 Å². The number of nitrogens with two attached hydrogens (primary N) is 1. The molecule has 0 amide bonds. The first-order valence-electron chi connectivity index (χ1n) is 5.24. The van der Waals surface area contributed by atoms with Gasteiger partial charge >= 0.3 is 5.69 Å². The van der Waals surface area contributed by atoms with E-state index in [1.807, 2.05) is 6.92 Å². The first kappa shape index (κ1) is 10.9. The molecule has 1 unspecified atom stereocenters. The topological polar surface area (TPSA) is 90.1 Å². The zero-order chi connectivity index (χ0) is 11.8. The van der Waals surface area contributed by atoms with Crippen LogP contribution < -0.4 is 17.0 Å². The van der Waals surface area contributed by atoms with Gasteiger partial charge in [0.1, 0.15) is 5.82 Å². The molecule has 88 valence electrons. The average Bonchev–Trinajstić information content (AvgIpc) is 2.59. The van der Waals surface area contributed by atoms with Gasteiger partial charge in [0.15, 0.2) is 0 Å². The molecule has 0 aromatic carbocycles. The maximum atomic E-state index is 11.6. The fraction of sp³-hybridized carbons (Fsp3) is 0.600. The molecule has 1 aliphatic rings. The molecule has 2 rings (SSSR count). The number of anilines is 1. The molecule has 0 bridgehead atoms. The molecule has 2 heterocycles. The van der Waals surface area contributed by atoms with Gasteiger partial charge < -0.3 is 10.5 Å². The Morgan fingerprint density at radius 1 is 1.62 bits per heavy atom. The van der Waals surface area contributed by atoms with Gasteiger partial charge in [-0.15, -0.1) is 0 Å². The van der Waals surface area contributed by atoms with E-state index in [0.29, 0.717) is 13.2 Å².